The van der Waals surface area contributed by atoms with Gasteiger partial charge in [-0.25, -0.2) is 4.39 Å². The summed E-state index contributed by atoms with van der Waals surface area (Å²) in [5.41, 5.74) is 2.59. The smallest absolute Gasteiger partial charge is 0.124 e. The number of hydrogen-bond acceptors (Lipinski definition) is 3. The Kier molecular flexibility index (Phi) is 3.77. The van der Waals surface area contributed by atoms with E-state index < -0.39 is 0 Å². The average Bonchev–Trinajstić information content (AvgIpc) is 2.36. The maximum Gasteiger partial charge on any atom is 0.124 e. The Balaban J connectivity index is 2.38. The molecule has 3 nitrogen and oxygen atoms in total. The fourth-order valence-electron chi connectivity index (χ4n) is 1.81. The summed E-state index contributed by atoms with van der Waals surface area (Å²) in [6.45, 7) is 4.57. The van der Waals surface area contributed by atoms with Crippen molar-refractivity contribution in [1.29, 1.82) is 0 Å². The second-order valence-electron chi connectivity index (χ2n) is 4.40. The summed E-state index contributed by atoms with van der Waals surface area (Å²) in [6.07, 6.45) is 0.0991. The quantitative estimate of drug-likeness (QED) is 0.902. The number of rotatable bonds is 4. The molecular weight excluding hydrogens is 231 g/mol. The van der Waals surface area contributed by atoms with Crippen molar-refractivity contribution in [1.82, 2.24) is 4.98 Å². The molecule has 4 heteroatoms. The van der Waals surface area contributed by atoms with Crippen LogP contribution in [0.4, 0.5) is 10.1 Å². The lowest BCUT2D eigenvalue weighted by atomic mass is 10.1. The molecule has 0 saturated heterocycles. The molecule has 1 unspecified atom stereocenters. The molecule has 1 atom stereocenters. The number of nitrogens with one attached hydrogen (secondary N) is 1. The third kappa shape index (κ3) is 2.76. The second kappa shape index (κ2) is 5.31. The van der Waals surface area contributed by atoms with Gasteiger partial charge in [-0.15, -0.1) is 0 Å². The highest BCUT2D eigenvalue weighted by Crippen LogP contribution is 2.24. The lowest BCUT2D eigenvalue weighted by molar-refractivity contribution is 0.129. The van der Waals surface area contributed by atoms with E-state index >= 15 is 0 Å². The number of fused-ring (bicyclic) bond motifs is 1. The zero-order valence-electron chi connectivity index (χ0n) is 10.8. The normalized spacial score (nSPS) is 12.7. The van der Waals surface area contributed by atoms with Crippen LogP contribution in [0.2, 0.25) is 0 Å². The third-order valence-electron chi connectivity index (χ3n) is 2.88. The Hall–Kier alpha value is -1.68. The van der Waals surface area contributed by atoms with Gasteiger partial charge in [-0.1, -0.05) is 0 Å². The first-order valence-corrected chi connectivity index (χ1v) is 5.93. The fourth-order valence-corrected chi connectivity index (χ4v) is 1.81. The van der Waals surface area contributed by atoms with Gasteiger partial charge in [0.25, 0.3) is 0 Å². The first kappa shape index (κ1) is 12.8. The molecular formula is C14H17FN2O. The molecule has 0 aliphatic heterocycles. The summed E-state index contributed by atoms with van der Waals surface area (Å²) in [5.74, 6) is -0.254. The predicted molar refractivity (Wildman–Crippen MR) is 71.4 cm³/mol. The second-order valence-corrected chi connectivity index (χ2v) is 4.40. The third-order valence-corrected chi connectivity index (χ3v) is 2.88. The van der Waals surface area contributed by atoms with Crippen LogP contribution in [0.25, 0.3) is 10.9 Å². The SMILES string of the molecule is COC(C)CNc1cc(C)nc2ccc(F)cc12. The minimum absolute atomic E-state index is 0.0991. The van der Waals surface area contributed by atoms with Crippen molar-refractivity contribution < 1.29 is 9.13 Å². The van der Waals surface area contributed by atoms with Crippen molar-refractivity contribution in [3.63, 3.8) is 0 Å². The molecule has 0 amide bonds. The molecule has 1 heterocycles. The zero-order chi connectivity index (χ0) is 13.1. The van der Waals surface area contributed by atoms with E-state index in [0.29, 0.717) is 6.54 Å². The summed E-state index contributed by atoms with van der Waals surface area (Å²) in [5, 5.41) is 4.07. The van der Waals surface area contributed by atoms with Crippen LogP contribution in [-0.4, -0.2) is 24.7 Å². The number of aryl methyl sites for hydroxylation is 1. The fraction of sp³-hybridized carbons (Fsp3) is 0.357. The molecule has 1 N–H and O–H groups in total. The van der Waals surface area contributed by atoms with Crippen LogP contribution in [0.3, 0.4) is 0 Å². The number of ether oxygens (including phenoxy) is 1. The van der Waals surface area contributed by atoms with E-state index in [1.165, 1.54) is 12.1 Å². The van der Waals surface area contributed by atoms with Gasteiger partial charge in [-0.3, -0.25) is 4.98 Å². The summed E-state index contributed by atoms with van der Waals surface area (Å²) in [7, 11) is 1.67. The molecule has 96 valence electrons. The Morgan fingerprint density at radius 3 is 2.89 bits per heavy atom. The molecule has 0 saturated carbocycles. The minimum Gasteiger partial charge on any atom is -0.382 e. The van der Waals surface area contributed by atoms with Gasteiger partial charge in [0, 0.05) is 30.4 Å². The molecule has 1 aromatic carbocycles. The molecule has 1 aromatic heterocycles. The van der Waals surface area contributed by atoms with Gasteiger partial charge in [0.05, 0.1) is 11.6 Å². The highest BCUT2D eigenvalue weighted by atomic mass is 19.1. The summed E-state index contributed by atoms with van der Waals surface area (Å²) < 4.78 is 18.5. The highest BCUT2D eigenvalue weighted by molar-refractivity contribution is 5.91. The Morgan fingerprint density at radius 1 is 1.39 bits per heavy atom. The van der Waals surface area contributed by atoms with Crippen LogP contribution < -0.4 is 5.32 Å². The molecule has 18 heavy (non-hydrogen) atoms. The number of benzene rings is 1. The number of aromatic nitrogens is 1. The Morgan fingerprint density at radius 2 is 2.17 bits per heavy atom. The number of methoxy groups -OCH3 is 1. The van der Waals surface area contributed by atoms with E-state index in [0.717, 1.165) is 22.3 Å². The van der Waals surface area contributed by atoms with Gasteiger partial charge >= 0.3 is 0 Å². The highest BCUT2D eigenvalue weighted by Gasteiger charge is 2.06. The average molecular weight is 248 g/mol. The molecule has 0 aliphatic rings. The van der Waals surface area contributed by atoms with Crippen molar-refractivity contribution in [2.24, 2.45) is 0 Å². The largest absolute Gasteiger partial charge is 0.382 e. The van der Waals surface area contributed by atoms with Crippen LogP contribution in [-0.2, 0) is 4.74 Å². The van der Waals surface area contributed by atoms with E-state index in [1.54, 1.807) is 13.2 Å². The summed E-state index contributed by atoms with van der Waals surface area (Å²) in [4.78, 5) is 4.39. The maximum atomic E-state index is 13.3. The molecule has 0 fully saturated rings. The van der Waals surface area contributed by atoms with Crippen molar-refractivity contribution in [3.05, 3.63) is 35.8 Å². The predicted octanol–water partition coefficient (Wildman–Crippen LogP) is 3.13. The standard InChI is InChI=1S/C14H17FN2O/c1-9-6-14(16-8-10(2)18-3)12-7-11(15)4-5-13(12)17-9/h4-7,10H,8H2,1-3H3,(H,16,17). The molecule has 2 rings (SSSR count). The molecule has 2 aromatic rings. The van der Waals surface area contributed by atoms with E-state index in [1.807, 2.05) is 19.9 Å². The number of halogens is 1. The van der Waals surface area contributed by atoms with E-state index in [4.69, 9.17) is 4.74 Å². The van der Waals surface area contributed by atoms with Crippen molar-refractivity contribution in [2.45, 2.75) is 20.0 Å². The van der Waals surface area contributed by atoms with Gasteiger partial charge in [0.2, 0.25) is 0 Å². The van der Waals surface area contributed by atoms with Gasteiger partial charge in [-0.05, 0) is 38.1 Å². The van der Waals surface area contributed by atoms with Crippen molar-refractivity contribution in [3.8, 4) is 0 Å². The van der Waals surface area contributed by atoms with Crippen LogP contribution in [0.5, 0.6) is 0 Å². The van der Waals surface area contributed by atoms with E-state index in [9.17, 15) is 4.39 Å². The number of pyridine rings is 1. The molecule has 0 aliphatic carbocycles. The number of anilines is 1. The molecule has 0 radical (unpaired) electrons. The zero-order valence-corrected chi connectivity index (χ0v) is 10.8. The monoisotopic (exact) mass is 248 g/mol. The number of nitrogens with zero attached hydrogens (tertiary/aromatic N) is 1. The number of hydrogen-bond donors (Lipinski definition) is 1. The van der Waals surface area contributed by atoms with Gasteiger partial charge in [0.1, 0.15) is 5.82 Å². The van der Waals surface area contributed by atoms with Crippen molar-refractivity contribution >= 4 is 16.6 Å². The van der Waals surface area contributed by atoms with E-state index in [-0.39, 0.29) is 11.9 Å². The summed E-state index contributed by atoms with van der Waals surface area (Å²) >= 11 is 0. The molecule has 0 bridgehead atoms. The van der Waals surface area contributed by atoms with Crippen molar-refractivity contribution in [2.75, 3.05) is 19.0 Å². The minimum atomic E-state index is -0.254. The van der Waals surface area contributed by atoms with E-state index in [2.05, 4.69) is 10.3 Å². The van der Waals surface area contributed by atoms with Crippen LogP contribution in [0, 0.1) is 12.7 Å². The van der Waals surface area contributed by atoms with Crippen LogP contribution >= 0.6 is 0 Å². The topological polar surface area (TPSA) is 34.1 Å². The first-order chi connectivity index (χ1) is 8.60. The van der Waals surface area contributed by atoms with Gasteiger partial charge in [0.15, 0.2) is 0 Å². The maximum absolute atomic E-state index is 13.3. The van der Waals surface area contributed by atoms with Crippen LogP contribution in [0.1, 0.15) is 12.6 Å². The van der Waals surface area contributed by atoms with Gasteiger partial charge in [-0.2, -0.15) is 0 Å². The van der Waals surface area contributed by atoms with Crippen LogP contribution in [0.15, 0.2) is 24.3 Å². The van der Waals surface area contributed by atoms with Gasteiger partial charge < -0.3 is 10.1 Å². The lowest BCUT2D eigenvalue weighted by Crippen LogP contribution is -2.18. The Labute approximate surface area is 106 Å². The lowest BCUT2D eigenvalue weighted by Gasteiger charge is -2.14. The summed E-state index contributed by atoms with van der Waals surface area (Å²) in [6, 6.07) is 6.55. The Bertz CT molecular complexity index is 557. The molecule has 0 spiro atoms. The first-order valence-electron chi connectivity index (χ1n) is 5.93.